The van der Waals surface area contributed by atoms with Gasteiger partial charge in [-0.05, 0) is 55.9 Å². The van der Waals surface area contributed by atoms with Crippen LogP contribution in [0.15, 0.2) is 0 Å². The highest BCUT2D eigenvalue weighted by Crippen LogP contribution is 2.66. The second kappa shape index (κ2) is 5.58. The average Bonchev–Trinajstić information content (AvgIpc) is 2.69. The molecular weight excluding hydrogens is 250 g/mol. The fourth-order valence-electron chi connectivity index (χ4n) is 4.25. The number of fused-ring (bicyclic) bond motifs is 2. The molecule has 118 valence electrons. The maximum Gasteiger partial charge on any atom is 0.0975 e. The zero-order valence-electron chi connectivity index (χ0n) is 14.0. The molecule has 0 aromatic heterocycles. The van der Waals surface area contributed by atoms with Crippen molar-refractivity contribution in [3.05, 3.63) is 0 Å². The van der Waals surface area contributed by atoms with Gasteiger partial charge in [-0.3, -0.25) is 0 Å². The molecule has 2 fully saturated rings. The summed E-state index contributed by atoms with van der Waals surface area (Å²) < 4.78 is 6.18. The Kier molecular flexibility index (Phi) is 4.54. The molecule has 2 rings (SSSR count). The lowest BCUT2D eigenvalue weighted by molar-refractivity contribution is -0.104. The molecule has 2 aliphatic rings. The Labute approximate surface area is 124 Å². The van der Waals surface area contributed by atoms with Crippen LogP contribution in [0.1, 0.15) is 60.3 Å². The first-order valence-corrected chi connectivity index (χ1v) is 8.27. The van der Waals surface area contributed by atoms with Crippen molar-refractivity contribution in [1.82, 2.24) is 5.32 Å². The van der Waals surface area contributed by atoms with E-state index >= 15 is 0 Å². The Morgan fingerprint density at radius 3 is 2.55 bits per heavy atom. The number of hydrogen-bond donors (Lipinski definition) is 2. The van der Waals surface area contributed by atoms with E-state index in [1.807, 2.05) is 6.92 Å². The van der Waals surface area contributed by atoms with Gasteiger partial charge in [0.05, 0.1) is 18.3 Å². The molecule has 2 bridgehead atoms. The van der Waals surface area contributed by atoms with Crippen LogP contribution in [0.3, 0.4) is 0 Å². The lowest BCUT2D eigenvalue weighted by Crippen LogP contribution is -2.45. The summed E-state index contributed by atoms with van der Waals surface area (Å²) in [6.07, 6.45) is 5.19. The van der Waals surface area contributed by atoms with E-state index in [1.54, 1.807) is 0 Å². The lowest BCUT2D eigenvalue weighted by atomic mass is 9.70. The van der Waals surface area contributed by atoms with Gasteiger partial charge in [0.15, 0.2) is 0 Å². The highest BCUT2D eigenvalue weighted by atomic mass is 16.5. The standard InChI is InChI=1S/C17H33NO2/c1-6-9-18-11-16(4,19)12-20-14-10-13-7-8-17(14,5)15(13,2)3/h13-14,18-19H,6-12H2,1-5H3. The van der Waals surface area contributed by atoms with E-state index in [2.05, 4.69) is 33.0 Å². The van der Waals surface area contributed by atoms with Crippen molar-refractivity contribution >= 4 is 0 Å². The summed E-state index contributed by atoms with van der Waals surface area (Å²) in [5, 5.41) is 13.7. The SMILES string of the molecule is CCCNCC(C)(O)COC1CC2CCC1(C)C2(C)C. The van der Waals surface area contributed by atoms with E-state index in [4.69, 9.17) is 4.74 Å². The highest BCUT2D eigenvalue weighted by Gasteiger charge is 2.62. The first-order chi connectivity index (χ1) is 9.23. The predicted octanol–water partition coefficient (Wildman–Crippen LogP) is 2.97. The molecule has 20 heavy (non-hydrogen) atoms. The summed E-state index contributed by atoms with van der Waals surface area (Å²) in [5.41, 5.74) is -0.105. The molecule has 0 aliphatic heterocycles. The summed E-state index contributed by atoms with van der Waals surface area (Å²) in [4.78, 5) is 0. The van der Waals surface area contributed by atoms with Gasteiger partial charge in [0.1, 0.15) is 0 Å². The third-order valence-corrected chi connectivity index (χ3v) is 6.24. The second-order valence-electron chi connectivity index (χ2n) is 8.08. The minimum atomic E-state index is -0.766. The maximum atomic E-state index is 10.4. The van der Waals surface area contributed by atoms with E-state index < -0.39 is 5.60 Å². The molecule has 0 saturated heterocycles. The van der Waals surface area contributed by atoms with Gasteiger partial charge in [-0.2, -0.15) is 0 Å². The molecule has 0 aromatic rings. The number of ether oxygens (including phenoxy) is 1. The first-order valence-electron chi connectivity index (χ1n) is 8.27. The lowest BCUT2D eigenvalue weighted by Gasteiger charge is -2.40. The van der Waals surface area contributed by atoms with Crippen molar-refractivity contribution in [1.29, 1.82) is 0 Å². The van der Waals surface area contributed by atoms with E-state index in [9.17, 15) is 5.11 Å². The molecule has 4 atom stereocenters. The molecule has 0 radical (unpaired) electrons. The summed E-state index contributed by atoms with van der Waals surface area (Å²) in [5.74, 6) is 0.792. The van der Waals surface area contributed by atoms with Crippen molar-refractivity contribution in [2.45, 2.75) is 72.0 Å². The maximum absolute atomic E-state index is 10.4. The summed E-state index contributed by atoms with van der Waals surface area (Å²) in [7, 11) is 0. The number of nitrogens with one attached hydrogen (secondary N) is 1. The van der Waals surface area contributed by atoms with Crippen molar-refractivity contribution < 1.29 is 9.84 Å². The van der Waals surface area contributed by atoms with Crippen molar-refractivity contribution in [3.63, 3.8) is 0 Å². The Bertz CT molecular complexity index is 340. The molecule has 0 spiro atoms. The molecule has 4 unspecified atom stereocenters. The summed E-state index contributed by atoms with van der Waals surface area (Å²) >= 11 is 0. The Balaban J connectivity index is 1.86. The van der Waals surface area contributed by atoms with Gasteiger partial charge in [0.2, 0.25) is 0 Å². The van der Waals surface area contributed by atoms with Crippen LogP contribution in [0.5, 0.6) is 0 Å². The minimum absolute atomic E-state index is 0.282. The number of aliphatic hydroxyl groups is 1. The quantitative estimate of drug-likeness (QED) is 0.706. The molecule has 2 aliphatic carbocycles. The van der Waals surface area contributed by atoms with Gasteiger partial charge in [-0.15, -0.1) is 0 Å². The van der Waals surface area contributed by atoms with Crippen LogP contribution >= 0.6 is 0 Å². The third kappa shape index (κ3) is 2.77. The average molecular weight is 283 g/mol. The van der Waals surface area contributed by atoms with E-state index in [1.165, 1.54) is 19.3 Å². The van der Waals surface area contributed by atoms with Crippen LogP contribution < -0.4 is 5.32 Å². The molecule has 3 nitrogen and oxygen atoms in total. The molecule has 0 amide bonds. The van der Waals surface area contributed by atoms with Crippen LogP contribution in [-0.4, -0.2) is 36.5 Å². The predicted molar refractivity (Wildman–Crippen MR) is 82.8 cm³/mol. The zero-order chi connectivity index (χ0) is 15.0. The van der Waals surface area contributed by atoms with E-state index in [0.29, 0.717) is 24.7 Å². The monoisotopic (exact) mass is 283 g/mol. The summed E-state index contributed by atoms with van der Waals surface area (Å²) in [6.45, 7) is 13.2. The minimum Gasteiger partial charge on any atom is -0.386 e. The fourth-order valence-corrected chi connectivity index (χ4v) is 4.25. The molecular formula is C17H33NO2. The van der Waals surface area contributed by atoms with Crippen LogP contribution in [0.4, 0.5) is 0 Å². The van der Waals surface area contributed by atoms with Crippen molar-refractivity contribution in [2.24, 2.45) is 16.7 Å². The van der Waals surface area contributed by atoms with Crippen LogP contribution in [0.25, 0.3) is 0 Å². The van der Waals surface area contributed by atoms with Gasteiger partial charge in [-0.1, -0.05) is 27.7 Å². The highest BCUT2D eigenvalue weighted by molar-refractivity contribution is 5.11. The van der Waals surface area contributed by atoms with Crippen LogP contribution in [0, 0.1) is 16.7 Å². The van der Waals surface area contributed by atoms with Crippen molar-refractivity contribution in [2.75, 3.05) is 19.7 Å². The number of hydrogen-bond acceptors (Lipinski definition) is 3. The Morgan fingerprint density at radius 1 is 1.35 bits per heavy atom. The molecule has 2 saturated carbocycles. The topological polar surface area (TPSA) is 41.5 Å². The van der Waals surface area contributed by atoms with Gasteiger partial charge < -0.3 is 15.2 Å². The summed E-state index contributed by atoms with van der Waals surface area (Å²) in [6, 6.07) is 0. The van der Waals surface area contributed by atoms with Gasteiger partial charge >= 0.3 is 0 Å². The number of rotatable bonds is 7. The second-order valence-corrected chi connectivity index (χ2v) is 8.08. The van der Waals surface area contributed by atoms with E-state index in [0.717, 1.165) is 18.9 Å². The smallest absolute Gasteiger partial charge is 0.0975 e. The van der Waals surface area contributed by atoms with Crippen LogP contribution in [-0.2, 0) is 4.74 Å². The van der Waals surface area contributed by atoms with Crippen LogP contribution in [0.2, 0.25) is 0 Å². The fraction of sp³-hybridized carbons (Fsp3) is 1.00. The van der Waals surface area contributed by atoms with Crippen molar-refractivity contribution in [3.8, 4) is 0 Å². The molecule has 0 heterocycles. The Morgan fingerprint density at radius 2 is 2.05 bits per heavy atom. The largest absolute Gasteiger partial charge is 0.386 e. The van der Waals surface area contributed by atoms with Gasteiger partial charge in [0.25, 0.3) is 0 Å². The molecule has 0 aromatic carbocycles. The van der Waals surface area contributed by atoms with E-state index in [-0.39, 0.29) is 5.41 Å². The normalized spacial score (nSPS) is 38.1. The Hall–Kier alpha value is -0.120. The third-order valence-electron chi connectivity index (χ3n) is 6.24. The zero-order valence-corrected chi connectivity index (χ0v) is 14.0. The molecule has 3 heteroatoms. The van der Waals surface area contributed by atoms with Gasteiger partial charge in [-0.25, -0.2) is 0 Å². The first kappa shape index (κ1) is 16.3. The molecule has 2 N–H and O–H groups in total. The van der Waals surface area contributed by atoms with Gasteiger partial charge in [0, 0.05) is 6.54 Å².